The van der Waals surface area contributed by atoms with Crippen LogP contribution in [0.25, 0.3) is 6.08 Å². The number of urea groups is 1. The predicted molar refractivity (Wildman–Crippen MR) is 110 cm³/mol. The lowest BCUT2D eigenvalue weighted by Gasteiger charge is -2.38. The lowest BCUT2D eigenvalue weighted by Crippen LogP contribution is -2.56. The zero-order valence-electron chi connectivity index (χ0n) is 17.1. The molecule has 1 aromatic carbocycles. The summed E-state index contributed by atoms with van der Waals surface area (Å²) in [5.41, 5.74) is 1.23. The number of hydrogen-bond acceptors (Lipinski definition) is 2. The number of benzene rings is 1. The number of carbonyl (C=O) groups excluding carboxylic acids is 1. The normalized spacial score (nSPS) is 16.9. The van der Waals surface area contributed by atoms with Gasteiger partial charge in [-0.25, -0.2) is 4.79 Å². The third kappa shape index (κ3) is 7.20. The van der Waals surface area contributed by atoms with Crippen LogP contribution in [-0.2, 0) is 0 Å². The third-order valence-electron chi connectivity index (χ3n) is 4.55. The molecule has 0 atom stereocenters. The summed E-state index contributed by atoms with van der Waals surface area (Å²) in [6, 6.07) is 10.4. The number of carbonyl (C=O) groups is 1. The standard InChI is InChI=1S/C22H35N3O/c1-21(2,3)18-22(4,5)23-20(26)25-16-14-24(15-17-25)13-9-12-19-10-7-6-8-11-19/h6-12H,13-18H2,1-5H3,(H,23,26)/b12-9-. The van der Waals surface area contributed by atoms with Gasteiger partial charge in [0.25, 0.3) is 0 Å². The van der Waals surface area contributed by atoms with Crippen LogP contribution < -0.4 is 5.32 Å². The Morgan fingerprint density at radius 1 is 1.04 bits per heavy atom. The summed E-state index contributed by atoms with van der Waals surface area (Å²) in [6.45, 7) is 15.2. The van der Waals surface area contributed by atoms with Crippen LogP contribution in [0.15, 0.2) is 36.4 Å². The molecule has 2 amide bonds. The van der Waals surface area contributed by atoms with Crippen LogP contribution >= 0.6 is 0 Å². The summed E-state index contributed by atoms with van der Waals surface area (Å²) in [5, 5.41) is 3.22. The minimum atomic E-state index is -0.190. The Labute approximate surface area is 159 Å². The first-order valence-corrected chi connectivity index (χ1v) is 9.66. The molecule has 0 aliphatic carbocycles. The molecule has 0 aromatic heterocycles. The van der Waals surface area contributed by atoms with Crippen molar-refractivity contribution in [3.8, 4) is 0 Å². The maximum absolute atomic E-state index is 12.6. The highest BCUT2D eigenvalue weighted by Gasteiger charge is 2.29. The van der Waals surface area contributed by atoms with Gasteiger partial charge >= 0.3 is 6.03 Å². The molecule has 0 spiro atoms. The second kappa shape index (κ2) is 8.72. The Morgan fingerprint density at radius 2 is 1.65 bits per heavy atom. The lowest BCUT2D eigenvalue weighted by atomic mass is 9.82. The quantitative estimate of drug-likeness (QED) is 0.855. The zero-order valence-corrected chi connectivity index (χ0v) is 17.1. The summed E-state index contributed by atoms with van der Waals surface area (Å²) < 4.78 is 0. The molecule has 0 unspecified atom stereocenters. The van der Waals surface area contributed by atoms with Crippen molar-refractivity contribution < 1.29 is 4.79 Å². The second-order valence-corrected chi connectivity index (χ2v) is 9.15. The first kappa shape index (κ1) is 20.5. The van der Waals surface area contributed by atoms with Crippen LogP contribution in [0.4, 0.5) is 4.79 Å². The Kier molecular flexibility index (Phi) is 6.87. The fraction of sp³-hybridized carbons (Fsp3) is 0.591. The van der Waals surface area contributed by atoms with Crippen molar-refractivity contribution in [1.82, 2.24) is 15.1 Å². The van der Waals surface area contributed by atoms with E-state index in [9.17, 15) is 4.79 Å². The van der Waals surface area contributed by atoms with E-state index in [1.54, 1.807) is 0 Å². The molecular formula is C22H35N3O. The number of hydrogen-bond donors (Lipinski definition) is 1. The molecule has 4 nitrogen and oxygen atoms in total. The summed E-state index contributed by atoms with van der Waals surface area (Å²) in [4.78, 5) is 16.9. The first-order valence-electron chi connectivity index (χ1n) is 9.66. The van der Waals surface area contributed by atoms with Crippen LogP contribution in [0.3, 0.4) is 0 Å². The summed E-state index contributed by atoms with van der Waals surface area (Å²) in [7, 11) is 0. The van der Waals surface area contributed by atoms with Gasteiger partial charge in [-0.1, -0.05) is 63.3 Å². The minimum Gasteiger partial charge on any atom is -0.333 e. The maximum atomic E-state index is 12.6. The number of nitrogens with zero attached hydrogens (tertiary/aromatic N) is 2. The second-order valence-electron chi connectivity index (χ2n) is 9.15. The SMILES string of the molecule is CC(C)(C)CC(C)(C)NC(=O)N1CCN(C/C=C\c2ccccc2)CC1. The van der Waals surface area contributed by atoms with E-state index in [0.717, 1.165) is 39.1 Å². The van der Waals surface area contributed by atoms with Gasteiger partial charge in [-0.15, -0.1) is 0 Å². The van der Waals surface area contributed by atoms with E-state index in [0.29, 0.717) is 0 Å². The van der Waals surface area contributed by atoms with E-state index in [4.69, 9.17) is 0 Å². The van der Waals surface area contributed by atoms with Gasteiger partial charge in [-0.3, -0.25) is 4.90 Å². The van der Waals surface area contributed by atoms with E-state index < -0.39 is 0 Å². The van der Waals surface area contributed by atoms with E-state index >= 15 is 0 Å². The third-order valence-corrected chi connectivity index (χ3v) is 4.55. The average molecular weight is 358 g/mol. The van der Waals surface area contributed by atoms with Gasteiger partial charge in [0.05, 0.1) is 0 Å². The van der Waals surface area contributed by atoms with Crippen LogP contribution in [-0.4, -0.2) is 54.1 Å². The molecule has 144 valence electrons. The Hall–Kier alpha value is -1.81. The van der Waals surface area contributed by atoms with Gasteiger partial charge < -0.3 is 10.2 Å². The fourth-order valence-corrected chi connectivity index (χ4v) is 3.77. The largest absolute Gasteiger partial charge is 0.333 e. The number of nitrogens with one attached hydrogen (secondary N) is 1. The van der Waals surface area contributed by atoms with Gasteiger partial charge in [0.1, 0.15) is 0 Å². The van der Waals surface area contributed by atoms with Crippen molar-refractivity contribution in [1.29, 1.82) is 0 Å². The van der Waals surface area contributed by atoms with Crippen LogP contribution in [0.1, 0.15) is 46.6 Å². The van der Waals surface area contributed by atoms with Gasteiger partial charge in [-0.05, 0) is 31.2 Å². The monoisotopic (exact) mass is 357 g/mol. The molecular weight excluding hydrogens is 322 g/mol. The van der Waals surface area contributed by atoms with Crippen LogP contribution in [0.5, 0.6) is 0 Å². The topological polar surface area (TPSA) is 35.6 Å². The van der Waals surface area contributed by atoms with Crippen molar-refractivity contribution in [3.05, 3.63) is 42.0 Å². The Balaban J connectivity index is 1.75. The molecule has 1 aliphatic rings. The highest BCUT2D eigenvalue weighted by Crippen LogP contribution is 2.27. The number of amides is 2. The van der Waals surface area contributed by atoms with Crippen LogP contribution in [0, 0.1) is 5.41 Å². The Morgan fingerprint density at radius 3 is 2.23 bits per heavy atom. The molecule has 1 fully saturated rings. The molecule has 4 heteroatoms. The minimum absolute atomic E-state index is 0.0683. The average Bonchev–Trinajstić information content (AvgIpc) is 2.53. The van der Waals surface area contributed by atoms with Crippen molar-refractivity contribution in [2.45, 2.75) is 46.6 Å². The molecule has 1 aromatic rings. The number of piperazine rings is 1. The predicted octanol–water partition coefficient (Wildman–Crippen LogP) is 4.24. The van der Waals surface area contributed by atoms with Crippen molar-refractivity contribution in [2.75, 3.05) is 32.7 Å². The molecule has 0 radical (unpaired) electrons. The molecule has 0 saturated carbocycles. The van der Waals surface area contributed by atoms with Crippen molar-refractivity contribution in [3.63, 3.8) is 0 Å². The van der Waals surface area contributed by atoms with E-state index in [1.807, 2.05) is 11.0 Å². The molecule has 2 rings (SSSR count). The molecule has 0 bridgehead atoms. The number of rotatable bonds is 5. The molecule has 1 aliphatic heterocycles. The highest BCUT2D eigenvalue weighted by atomic mass is 16.2. The molecule has 1 N–H and O–H groups in total. The summed E-state index contributed by atoms with van der Waals surface area (Å²) in [6.07, 6.45) is 5.32. The van der Waals surface area contributed by atoms with Crippen molar-refractivity contribution >= 4 is 12.1 Å². The van der Waals surface area contributed by atoms with Gasteiger partial charge in [0.15, 0.2) is 0 Å². The summed E-state index contributed by atoms with van der Waals surface area (Å²) >= 11 is 0. The molecule has 1 heterocycles. The molecule has 26 heavy (non-hydrogen) atoms. The molecule has 1 saturated heterocycles. The van der Waals surface area contributed by atoms with E-state index in [1.165, 1.54) is 5.56 Å². The van der Waals surface area contributed by atoms with Gasteiger partial charge in [0.2, 0.25) is 0 Å². The van der Waals surface area contributed by atoms with Crippen LogP contribution in [0.2, 0.25) is 0 Å². The summed E-state index contributed by atoms with van der Waals surface area (Å²) in [5.74, 6) is 0. The maximum Gasteiger partial charge on any atom is 0.317 e. The Bertz CT molecular complexity index is 594. The highest BCUT2D eigenvalue weighted by molar-refractivity contribution is 5.75. The van der Waals surface area contributed by atoms with Gasteiger partial charge in [-0.2, -0.15) is 0 Å². The van der Waals surface area contributed by atoms with E-state index in [2.05, 4.69) is 81.3 Å². The fourth-order valence-electron chi connectivity index (χ4n) is 3.77. The van der Waals surface area contributed by atoms with Gasteiger partial charge in [0, 0.05) is 38.3 Å². The first-order chi connectivity index (χ1) is 12.1. The van der Waals surface area contributed by atoms with E-state index in [-0.39, 0.29) is 17.0 Å². The zero-order chi connectivity index (χ0) is 19.2. The smallest absolute Gasteiger partial charge is 0.317 e. The van der Waals surface area contributed by atoms with Crippen molar-refractivity contribution in [2.24, 2.45) is 5.41 Å². The lowest BCUT2D eigenvalue weighted by molar-refractivity contribution is 0.135.